The van der Waals surface area contributed by atoms with Crippen LogP contribution in [-0.2, 0) is 21.7 Å². The first-order valence-corrected chi connectivity index (χ1v) is 9.71. The van der Waals surface area contributed by atoms with Gasteiger partial charge in [-0.05, 0) is 31.0 Å². The van der Waals surface area contributed by atoms with E-state index in [2.05, 4.69) is 21.2 Å². The summed E-state index contributed by atoms with van der Waals surface area (Å²) in [5.41, 5.74) is 1.54. The molecular formula is C21H22BrN3O3. The molecule has 4 amide bonds. The molecule has 1 aliphatic rings. The number of amides is 4. The fourth-order valence-electron chi connectivity index (χ4n) is 3.28. The molecule has 2 aromatic rings. The molecule has 28 heavy (non-hydrogen) atoms. The largest absolute Gasteiger partial charge is 0.340 e. The van der Waals surface area contributed by atoms with Gasteiger partial charge in [-0.1, -0.05) is 58.4 Å². The number of carbonyl (C=O) groups is 3. The van der Waals surface area contributed by atoms with Crippen molar-refractivity contribution < 1.29 is 14.4 Å². The van der Waals surface area contributed by atoms with Crippen LogP contribution in [0.3, 0.4) is 0 Å². The molecule has 0 bridgehead atoms. The third-order valence-electron chi connectivity index (χ3n) is 5.08. The van der Waals surface area contributed by atoms with Gasteiger partial charge < -0.3 is 10.2 Å². The van der Waals surface area contributed by atoms with Crippen LogP contribution in [0, 0.1) is 6.92 Å². The lowest BCUT2D eigenvalue weighted by molar-refractivity contribution is -0.138. The van der Waals surface area contributed by atoms with Crippen LogP contribution in [0.4, 0.5) is 4.79 Å². The van der Waals surface area contributed by atoms with Gasteiger partial charge in [0.05, 0.1) is 0 Å². The molecular weight excluding hydrogens is 422 g/mol. The Balaban J connectivity index is 1.75. The highest BCUT2D eigenvalue weighted by Crippen LogP contribution is 2.33. The third-order valence-corrected chi connectivity index (χ3v) is 5.77. The van der Waals surface area contributed by atoms with Crippen molar-refractivity contribution in [1.29, 1.82) is 0 Å². The smallest absolute Gasteiger partial charge is 0.325 e. The normalized spacial score (nSPS) is 18.9. The van der Waals surface area contributed by atoms with Crippen molar-refractivity contribution in [2.24, 2.45) is 0 Å². The highest BCUT2D eigenvalue weighted by Gasteiger charge is 2.50. The Morgan fingerprint density at radius 3 is 2.46 bits per heavy atom. The molecule has 1 heterocycles. The standard InChI is InChI=1S/C21H22BrN3O3/c1-14-8-4-5-9-15(14)12-24(3)18(26)13-25-19(27)21(2,23-20(25)28)16-10-6-7-11-17(16)22/h4-11H,12-13H2,1-3H3,(H,23,28). The van der Waals surface area contributed by atoms with Crippen LogP contribution in [0.2, 0.25) is 0 Å². The van der Waals surface area contributed by atoms with Gasteiger partial charge in [-0.3, -0.25) is 14.5 Å². The van der Waals surface area contributed by atoms with Crippen LogP contribution in [0.1, 0.15) is 23.6 Å². The second-order valence-corrected chi connectivity index (χ2v) is 7.96. The molecule has 2 aromatic carbocycles. The number of halogens is 1. The topological polar surface area (TPSA) is 69.7 Å². The summed E-state index contributed by atoms with van der Waals surface area (Å²) in [6.45, 7) is 3.74. The van der Waals surface area contributed by atoms with E-state index in [1.54, 1.807) is 26.1 Å². The number of hydrogen-bond acceptors (Lipinski definition) is 3. The Bertz CT molecular complexity index is 946. The second-order valence-electron chi connectivity index (χ2n) is 7.10. The van der Waals surface area contributed by atoms with Crippen molar-refractivity contribution in [3.63, 3.8) is 0 Å². The van der Waals surface area contributed by atoms with Crippen LogP contribution < -0.4 is 5.32 Å². The minimum atomic E-state index is -1.22. The number of benzene rings is 2. The zero-order valence-corrected chi connectivity index (χ0v) is 17.6. The first-order chi connectivity index (χ1) is 13.2. The summed E-state index contributed by atoms with van der Waals surface area (Å²) in [6, 6.07) is 14.4. The van der Waals surface area contributed by atoms with E-state index in [-0.39, 0.29) is 12.5 Å². The summed E-state index contributed by atoms with van der Waals surface area (Å²) in [5.74, 6) is -0.745. The van der Waals surface area contributed by atoms with Crippen LogP contribution in [0.15, 0.2) is 53.0 Å². The number of hydrogen-bond donors (Lipinski definition) is 1. The van der Waals surface area contributed by atoms with Crippen molar-refractivity contribution in [2.75, 3.05) is 13.6 Å². The highest BCUT2D eigenvalue weighted by molar-refractivity contribution is 9.10. The molecule has 0 spiro atoms. The van der Waals surface area contributed by atoms with E-state index in [4.69, 9.17) is 0 Å². The van der Waals surface area contributed by atoms with E-state index in [1.807, 2.05) is 43.3 Å². The molecule has 1 aliphatic heterocycles. The highest BCUT2D eigenvalue weighted by atomic mass is 79.9. The van der Waals surface area contributed by atoms with Gasteiger partial charge in [0.15, 0.2) is 0 Å². The van der Waals surface area contributed by atoms with Crippen LogP contribution in [0.25, 0.3) is 0 Å². The first kappa shape index (κ1) is 20.1. The summed E-state index contributed by atoms with van der Waals surface area (Å²) >= 11 is 3.43. The van der Waals surface area contributed by atoms with Crippen molar-refractivity contribution in [3.8, 4) is 0 Å². The zero-order valence-electron chi connectivity index (χ0n) is 16.0. The molecule has 7 heteroatoms. The van der Waals surface area contributed by atoms with E-state index in [0.717, 1.165) is 20.5 Å². The molecule has 0 aromatic heterocycles. The van der Waals surface area contributed by atoms with Crippen LogP contribution in [-0.4, -0.2) is 41.2 Å². The molecule has 1 N–H and O–H groups in total. The predicted octanol–water partition coefficient (Wildman–Crippen LogP) is 3.18. The Hall–Kier alpha value is -2.67. The van der Waals surface area contributed by atoms with Crippen molar-refractivity contribution in [1.82, 2.24) is 15.1 Å². The van der Waals surface area contributed by atoms with Crippen LogP contribution >= 0.6 is 15.9 Å². The van der Waals surface area contributed by atoms with E-state index >= 15 is 0 Å². The van der Waals surface area contributed by atoms with Gasteiger partial charge in [0, 0.05) is 23.6 Å². The van der Waals surface area contributed by atoms with Gasteiger partial charge in [-0.15, -0.1) is 0 Å². The van der Waals surface area contributed by atoms with Gasteiger partial charge in [0.1, 0.15) is 12.1 Å². The number of rotatable bonds is 5. The summed E-state index contributed by atoms with van der Waals surface area (Å²) in [5, 5.41) is 2.73. The van der Waals surface area contributed by atoms with E-state index < -0.39 is 17.5 Å². The lowest BCUT2D eigenvalue weighted by Crippen LogP contribution is -2.43. The molecule has 1 atom stereocenters. The first-order valence-electron chi connectivity index (χ1n) is 8.91. The van der Waals surface area contributed by atoms with E-state index in [0.29, 0.717) is 12.1 Å². The lowest BCUT2D eigenvalue weighted by atomic mass is 9.92. The summed E-state index contributed by atoms with van der Waals surface area (Å²) in [7, 11) is 1.67. The fourth-order valence-corrected chi connectivity index (χ4v) is 3.96. The maximum absolute atomic E-state index is 13.0. The van der Waals surface area contributed by atoms with Crippen molar-refractivity contribution >= 4 is 33.8 Å². The average molecular weight is 444 g/mol. The summed E-state index contributed by atoms with van der Waals surface area (Å²) < 4.78 is 0.719. The maximum Gasteiger partial charge on any atom is 0.325 e. The molecule has 3 rings (SSSR count). The number of likely N-dealkylation sites (N-methyl/N-ethyl adjacent to an activating group) is 1. The number of carbonyl (C=O) groups excluding carboxylic acids is 3. The number of urea groups is 1. The zero-order chi connectivity index (χ0) is 20.5. The Labute approximate surface area is 172 Å². The number of nitrogens with zero attached hydrogens (tertiary/aromatic N) is 2. The molecule has 6 nitrogen and oxygen atoms in total. The second kappa shape index (κ2) is 7.75. The average Bonchev–Trinajstić information content (AvgIpc) is 2.87. The molecule has 1 unspecified atom stereocenters. The number of nitrogens with one attached hydrogen (secondary N) is 1. The van der Waals surface area contributed by atoms with Crippen molar-refractivity contribution in [3.05, 3.63) is 69.7 Å². The minimum Gasteiger partial charge on any atom is -0.340 e. The predicted molar refractivity (Wildman–Crippen MR) is 109 cm³/mol. The number of imide groups is 1. The van der Waals surface area contributed by atoms with Gasteiger partial charge in [0.25, 0.3) is 5.91 Å². The Kier molecular flexibility index (Phi) is 5.56. The lowest BCUT2D eigenvalue weighted by Gasteiger charge is -2.24. The van der Waals surface area contributed by atoms with E-state index in [9.17, 15) is 14.4 Å². The molecule has 0 aliphatic carbocycles. The van der Waals surface area contributed by atoms with Gasteiger partial charge >= 0.3 is 6.03 Å². The molecule has 1 fully saturated rings. The van der Waals surface area contributed by atoms with Gasteiger partial charge in [-0.25, -0.2) is 4.79 Å². The van der Waals surface area contributed by atoms with E-state index in [1.165, 1.54) is 4.90 Å². The van der Waals surface area contributed by atoms with Gasteiger partial charge in [-0.2, -0.15) is 0 Å². The quantitative estimate of drug-likeness (QED) is 0.721. The SMILES string of the molecule is Cc1ccccc1CN(C)C(=O)CN1C(=O)NC(C)(c2ccccc2Br)C1=O. The minimum absolute atomic E-state index is 0.299. The Morgan fingerprint density at radius 2 is 1.79 bits per heavy atom. The van der Waals surface area contributed by atoms with Gasteiger partial charge in [0.2, 0.25) is 5.91 Å². The third kappa shape index (κ3) is 3.67. The molecule has 1 saturated heterocycles. The Morgan fingerprint density at radius 1 is 1.14 bits per heavy atom. The summed E-state index contributed by atoms with van der Waals surface area (Å²) in [4.78, 5) is 40.6. The summed E-state index contributed by atoms with van der Waals surface area (Å²) in [6.07, 6.45) is 0. The number of aryl methyl sites for hydroxylation is 1. The fraction of sp³-hybridized carbons (Fsp3) is 0.286. The van der Waals surface area contributed by atoms with Crippen LogP contribution in [0.5, 0.6) is 0 Å². The van der Waals surface area contributed by atoms with Crippen molar-refractivity contribution in [2.45, 2.75) is 25.9 Å². The molecule has 146 valence electrons. The molecule has 0 radical (unpaired) electrons. The molecule has 0 saturated carbocycles. The maximum atomic E-state index is 13.0. The monoisotopic (exact) mass is 443 g/mol.